The molecule has 3 heterocycles. The molecule has 0 aliphatic carbocycles. The number of ether oxygens (including phenoxy) is 1. The highest BCUT2D eigenvalue weighted by Gasteiger charge is 2.43. The zero-order valence-electron chi connectivity index (χ0n) is 18.1. The molecule has 2 aliphatic heterocycles. The van der Waals surface area contributed by atoms with E-state index in [0.717, 1.165) is 44.1 Å². The van der Waals surface area contributed by atoms with E-state index < -0.39 is 5.92 Å². The van der Waals surface area contributed by atoms with E-state index in [-0.39, 0.29) is 29.7 Å². The molecule has 32 heavy (non-hydrogen) atoms. The highest BCUT2D eigenvalue weighted by Crippen LogP contribution is 2.51. The van der Waals surface area contributed by atoms with Crippen molar-refractivity contribution < 1.29 is 13.5 Å². The Kier molecular flexibility index (Phi) is 6.01. The van der Waals surface area contributed by atoms with Gasteiger partial charge in [-0.1, -0.05) is 42.5 Å². The van der Waals surface area contributed by atoms with Gasteiger partial charge in [0.25, 0.3) is 5.92 Å². The largest absolute Gasteiger partial charge is 0.378 e. The van der Waals surface area contributed by atoms with Crippen molar-refractivity contribution in [2.24, 2.45) is 5.92 Å². The van der Waals surface area contributed by atoms with Crippen LogP contribution in [0, 0.1) is 5.92 Å². The van der Waals surface area contributed by atoms with Crippen LogP contribution in [-0.4, -0.2) is 12.6 Å². The molecule has 3 unspecified atom stereocenters. The Morgan fingerprint density at radius 2 is 1.94 bits per heavy atom. The molecule has 0 amide bonds. The Hall–Kier alpha value is -2.28. The Labute approximate surface area is 191 Å². The lowest BCUT2D eigenvalue weighted by atomic mass is 9.76. The summed E-state index contributed by atoms with van der Waals surface area (Å²) in [5, 5.41) is 9.21. The maximum absolute atomic E-state index is 14.1. The minimum atomic E-state index is -2.88. The molecule has 6 heteroatoms. The van der Waals surface area contributed by atoms with Gasteiger partial charge in [-0.15, -0.1) is 11.3 Å². The minimum absolute atomic E-state index is 0.0384. The van der Waals surface area contributed by atoms with Crippen LogP contribution in [0.4, 0.5) is 14.5 Å². The van der Waals surface area contributed by atoms with Crippen molar-refractivity contribution in [1.82, 2.24) is 5.32 Å². The molecule has 0 radical (unpaired) electrons. The molecule has 0 bridgehead atoms. The van der Waals surface area contributed by atoms with Gasteiger partial charge < -0.3 is 15.4 Å². The van der Waals surface area contributed by atoms with Crippen LogP contribution in [-0.2, 0) is 17.2 Å². The number of hydrogen-bond acceptors (Lipinski definition) is 4. The lowest BCUT2D eigenvalue weighted by Gasteiger charge is -2.46. The quantitative estimate of drug-likeness (QED) is 0.437. The third-order valence-corrected chi connectivity index (χ3v) is 7.44. The van der Waals surface area contributed by atoms with Gasteiger partial charge in [-0.05, 0) is 42.0 Å². The predicted octanol–water partition coefficient (Wildman–Crippen LogP) is 6.65. The number of alkyl halides is 2. The molecule has 2 aliphatic rings. The maximum Gasteiger partial charge on any atom is 0.270 e. The molecule has 1 aromatic heterocycles. The molecule has 1 saturated heterocycles. The Morgan fingerprint density at radius 1 is 1.09 bits per heavy atom. The molecule has 4 atom stereocenters. The number of anilines is 1. The van der Waals surface area contributed by atoms with E-state index in [0.29, 0.717) is 0 Å². The SMILES string of the molecule is CC(F)(F)c1ccc2c(c1)C1OC(CNCc3cccs3)CCC1[C@H](c1ccccc1)N2. The summed E-state index contributed by atoms with van der Waals surface area (Å²) < 4.78 is 34.8. The summed E-state index contributed by atoms with van der Waals surface area (Å²) in [5.41, 5.74) is 2.98. The molecule has 168 valence electrons. The van der Waals surface area contributed by atoms with Gasteiger partial charge in [0.05, 0.1) is 18.2 Å². The summed E-state index contributed by atoms with van der Waals surface area (Å²) in [4.78, 5) is 1.30. The Balaban J connectivity index is 1.40. The molecule has 0 saturated carbocycles. The lowest BCUT2D eigenvalue weighted by Crippen LogP contribution is -2.42. The van der Waals surface area contributed by atoms with Crippen LogP contribution in [0.1, 0.15) is 53.5 Å². The smallest absolute Gasteiger partial charge is 0.270 e. The highest BCUT2D eigenvalue weighted by molar-refractivity contribution is 7.09. The minimum Gasteiger partial charge on any atom is -0.378 e. The fourth-order valence-corrected chi connectivity index (χ4v) is 5.61. The molecule has 3 aromatic rings. The van der Waals surface area contributed by atoms with Crippen LogP contribution >= 0.6 is 11.3 Å². The summed E-state index contributed by atoms with van der Waals surface area (Å²) in [6.07, 6.45) is 1.78. The average Bonchev–Trinajstić information content (AvgIpc) is 3.32. The normalized spacial score (nSPS) is 25.0. The summed E-state index contributed by atoms with van der Waals surface area (Å²) in [6.45, 7) is 2.53. The highest BCUT2D eigenvalue weighted by atomic mass is 32.1. The average molecular weight is 455 g/mol. The second kappa shape index (κ2) is 8.93. The van der Waals surface area contributed by atoms with Gasteiger partial charge in [0.15, 0.2) is 0 Å². The number of fused-ring (bicyclic) bond motifs is 3. The van der Waals surface area contributed by atoms with Crippen LogP contribution < -0.4 is 10.6 Å². The van der Waals surface area contributed by atoms with E-state index in [1.54, 1.807) is 23.5 Å². The molecule has 5 rings (SSSR count). The van der Waals surface area contributed by atoms with Crippen molar-refractivity contribution >= 4 is 17.0 Å². The summed E-state index contributed by atoms with van der Waals surface area (Å²) in [6, 6.07) is 19.6. The summed E-state index contributed by atoms with van der Waals surface area (Å²) >= 11 is 1.74. The predicted molar refractivity (Wildman–Crippen MR) is 125 cm³/mol. The molecule has 3 nitrogen and oxygen atoms in total. The van der Waals surface area contributed by atoms with Gasteiger partial charge in [-0.25, -0.2) is 8.78 Å². The zero-order valence-corrected chi connectivity index (χ0v) is 18.9. The van der Waals surface area contributed by atoms with E-state index in [9.17, 15) is 8.78 Å². The van der Waals surface area contributed by atoms with E-state index in [1.165, 1.54) is 16.5 Å². The van der Waals surface area contributed by atoms with E-state index >= 15 is 0 Å². The summed E-state index contributed by atoms with van der Waals surface area (Å²) in [5.74, 6) is -2.68. The van der Waals surface area contributed by atoms with E-state index in [2.05, 4.69) is 40.3 Å². The first-order valence-electron chi connectivity index (χ1n) is 11.2. The van der Waals surface area contributed by atoms with Crippen LogP contribution in [0.2, 0.25) is 0 Å². The van der Waals surface area contributed by atoms with Crippen LogP contribution in [0.25, 0.3) is 0 Å². The van der Waals surface area contributed by atoms with E-state index in [4.69, 9.17) is 4.74 Å². The monoisotopic (exact) mass is 454 g/mol. The van der Waals surface area contributed by atoms with Gasteiger partial charge in [0.1, 0.15) is 0 Å². The molecule has 0 spiro atoms. The van der Waals surface area contributed by atoms with Crippen molar-refractivity contribution in [2.75, 3.05) is 11.9 Å². The van der Waals surface area contributed by atoms with Gasteiger partial charge in [0, 0.05) is 47.6 Å². The third-order valence-electron chi connectivity index (χ3n) is 6.56. The topological polar surface area (TPSA) is 33.3 Å². The van der Waals surface area contributed by atoms with Gasteiger partial charge >= 0.3 is 0 Å². The van der Waals surface area contributed by atoms with Crippen LogP contribution in [0.3, 0.4) is 0 Å². The first-order chi connectivity index (χ1) is 15.5. The lowest BCUT2D eigenvalue weighted by molar-refractivity contribution is -0.0918. The number of thiophene rings is 1. The van der Waals surface area contributed by atoms with Crippen molar-refractivity contribution in [1.29, 1.82) is 0 Å². The van der Waals surface area contributed by atoms with Crippen molar-refractivity contribution in [3.63, 3.8) is 0 Å². The third kappa shape index (κ3) is 4.45. The number of hydrogen-bond donors (Lipinski definition) is 2. The molecular weight excluding hydrogens is 426 g/mol. The van der Waals surface area contributed by atoms with Gasteiger partial charge in [-0.3, -0.25) is 0 Å². The standard InChI is InChI=1S/C26H28F2N2OS/c1-26(27,28)18-9-12-23-22(14-18)25-21(24(30-23)17-6-3-2-4-7-17)11-10-19(31-25)15-29-16-20-8-5-13-32-20/h2-9,12-14,19,21,24-25,29-30H,10-11,15-16H2,1H3/t19?,21?,24-,25?/m0/s1. The number of benzene rings is 2. The Morgan fingerprint density at radius 3 is 2.69 bits per heavy atom. The fourth-order valence-electron chi connectivity index (χ4n) is 4.94. The van der Waals surface area contributed by atoms with Crippen LogP contribution in [0.5, 0.6) is 0 Å². The number of rotatable bonds is 6. The fraction of sp³-hybridized carbons (Fsp3) is 0.385. The number of halogens is 2. The molecular formula is C26H28F2N2OS. The van der Waals surface area contributed by atoms with Crippen LogP contribution in [0.15, 0.2) is 66.0 Å². The van der Waals surface area contributed by atoms with Crippen molar-refractivity contribution in [3.05, 3.63) is 87.6 Å². The maximum atomic E-state index is 14.1. The molecule has 2 N–H and O–H groups in total. The zero-order chi connectivity index (χ0) is 22.1. The van der Waals surface area contributed by atoms with Gasteiger partial charge in [-0.2, -0.15) is 0 Å². The van der Waals surface area contributed by atoms with E-state index in [1.807, 2.05) is 18.2 Å². The second-order valence-corrected chi connectivity index (χ2v) is 9.89. The molecule has 1 fully saturated rings. The first-order valence-corrected chi connectivity index (χ1v) is 12.1. The second-order valence-electron chi connectivity index (χ2n) is 8.85. The number of nitrogens with one attached hydrogen (secondary N) is 2. The molecule has 2 aromatic carbocycles. The van der Waals surface area contributed by atoms with Gasteiger partial charge in [0.2, 0.25) is 0 Å². The Bertz CT molecular complexity index is 1040. The van der Waals surface area contributed by atoms with Crippen molar-refractivity contribution in [3.8, 4) is 0 Å². The first kappa shape index (κ1) is 21.6. The summed E-state index contributed by atoms with van der Waals surface area (Å²) in [7, 11) is 0. The van der Waals surface area contributed by atoms with Crippen molar-refractivity contribution in [2.45, 2.75) is 50.5 Å².